The van der Waals surface area contributed by atoms with Crippen LogP contribution in [0.1, 0.15) is 198 Å². The molecule has 0 fully saturated rings. The molecule has 3 aromatic heterocycles. The lowest BCUT2D eigenvalue weighted by atomic mass is 10.0. The summed E-state index contributed by atoms with van der Waals surface area (Å²) in [5.74, 6) is 14.5. The number of aromatic nitrogens is 4. The van der Waals surface area contributed by atoms with E-state index >= 15 is 0 Å². The lowest BCUT2D eigenvalue weighted by Gasteiger charge is -2.32. The number of nitrogens with one attached hydrogen (secondary N) is 2. The number of benzene rings is 3. The first-order valence-electron chi connectivity index (χ1n) is 27.9. The first-order valence-corrected chi connectivity index (χ1v) is 28.7. The van der Waals surface area contributed by atoms with Crippen molar-refractivity contribution >= 4 is 69.5 Å². The summed E-state index contributed by atoms with van der Waals surface area (Å²) in [5, 5.41) is 0. The number of para-hydroxylation sites is 1. The van der Waals surface area contributed by atoms with Gasteiger partial charge in [-0.3, -0.25) is 0 Å². The molecule has 0 saturated heterocycles. The van der Waals surface area contributed by atoms with E-state index in [-0.39, 0.29) is 0 Å². The molecule has 0 radical (unpaired) electrons. The molecule has 73 heavy (non-hydrogen) atoms. The van der Waals surface area contributed by atoms with Crippen molar-refractivity contribution in [2.75, 3.05) is 11.4 Å². The summed E-state index contributed by atoms with van der Waals surface area (Å²) in [6.45, 7) is 9.96. The minimum atomic E-state index is 0.853. The van der Waals surface area contributed by atoms with Crippen molar-refractivity contribution in [3.05, 3.63) is 153 Å². The number of nitrogens with zero attached hydrogens (tertiary/aromatic N) is 3. The highest BCUT2D eigenvalue weighted by Gasteiger charge is 2.23. The first kappa shape index (κ1) is 51.4. The number of rotatable bonds is 21. The lowest BCUT2D eigenvalue weighted by molar-refractivity contribution is 0.575. The molecule has 0 unspecified atom stereocenters. The summed E-state index contributed by atoms with van der Waals surface area (Å²) in [4.78, 5) is 23.8. The molecule has 0 spiro atoms. The van der Waals surface area contributed by atoms with E-state index in [2.05, 4.69) is 182 Å². The molecule has 374 valence electrons. The molecule has 3 aliphatic heterocycles. The van der Waals surface area contributed by atoms with Crippen molar-refractivity contribution in [2.24, 2.45) is 0 Å². The van der Waals surface area contributed by atoms with E-state index in [4.69, 9.17) is 9.97 Å². The molecule has 8 bridgehead atoms. The third-order valence-electron chi connectivity index (χ3n) is 14.6. The van der Waals surface area contributed by atoms with Gasteiger partial charge in [-0.1, -0.05) is 182 Å². The molecule has 0 saturated carbocycles. The predicted octanol–water partition coefficient (Wildman–Crippen LogP) is 18.5. The molecule has 0 atom stereocenters. The Morgan fingerprint density at radius 1 is 0.438 bits per heavy atom. The van der Waals surface area contributed by atoms with Gasteiger partial charge in [-0.15, -0.1) is 0 Å². The molecule has 3 aliphatic rings. The summed E-state index contributed by atoms with van der Waals surface area (Å²) < 4.78 is 0. The van der Waals surface area contributed by atoms with Crippen LogP contribution in [-0.2, 0) is 12.8 Å². The number of fused-ring (bicyclic) bond motifs is 10. The highest BCUT2D eigenvalue weighted by atomic mass is 32.2. The molecule has 5 nitrogen and oxygen atoms in total. The van der Waals surface area contributed by atoms with Gasteiger partial charge in [0.05, 0.1) is 56.3 Å². The van der Waals surface area contributed by atoms with Gasteiger partial charge >= 0.3 is 0 Å². The van der Waals surface area contributed by atoms with Gasteiger partial charge < -0.3 is 14.9 Å². The van der Waals surface area contributed by atoms with Crippen molar-refractivity contribution in [3.63, 3.8) is 0 Å². The average Bonchev–Trinajstić information content (AvgIpc) is 4.27. The molecule has 9 rings (SSSR count). The highest BCUT2D eigenvalue weighted by Crippen LogP contribution is 2.48. The fourth-order valence-corrected chi connectivity index (χ4v) is 11.5. The normalized spacial score (nSPS) is 12.3. The van der Waals surface area contributed by atoms with Crippen molar-refractivity contribution in [3.8, 4) is 23.7 Å². The zero-order valence-corrected chi connectivity index (χ0v) is 44.9. The van der Waals surface area contributed by atoms with E-state index in [0.717, 1.165) is 112 Å². The smallest absolute Gasteiger partial charge is 0.0816 e. The minimum Gasteiger partial charge on any atom is -0.354 e. The summed E-state index contributed by atoms with van der Waals surface area (Å²) in [7, 11) is 0. The molecule has 2 N–H and O–H groups in total. The monoisotopic (exact) mass is 982 g/mol. The van der Waals surface area contributed by atoms with Gasteiger partial charge in [0.25, 0.3) is 0 Å². The first-order chi connectivity index (χ1) is 36.0. The largest absolute Gasteiger partial charge is 0.354 e. The van der Waals surface area contributed by atoms with Gasteiger partial charge in [0.2, 0.25) is 0 Å². The summed E-state index contributed by atoms with van der Waals surface area (Å²) in [6.07, 6.45) is 33.1. The molecular weight excluding hydrogens is 907 g/mol. The standard InChI is InChI=1S/C67H75N5S/c1-5-8-11-13-15-17-19-21-25-52-56-38-42-60(68-56)54(36-33-50-31-29-49(4)30-32-50)61-43-39-57(69-61)53(26-22-20-18-16-14-12-9-6-2)59-41-45-63(71-59)55(62-44-40-58(52)70-62)37-34-51-35-46-65-67(48-51)73-66-28-24-23-27-64(66)72(65)47-10-7-3/h23-24,27-32,35,38-46,48,70-71H,5-22,25-26,47H2,1-4H3. The third kappa shape index (κ3) is 13.2. The SMILES string of the molecule is CCCCCCCCCCc1c2nc(c(C#Cc3ccc(C)cc3)c3nc(c(CCCCCCCCCC)c4ccc([nH]4)c(C#Cc4ccc5c(c4)Sc4ccccc4N5CCCC)c4ccc1[nH]4)C=C3)C=C2. The maximum absolute atomic E-state index is 5.45. The molecule has 6 heteroatoms. The quantitative estimate of drug-likeness (QED) is 0.0556. The predicted molar refractivity (Wildman–Crippen MR) is 314 cm³/mol. The Labute approximate surface area is 440 Å². The Morgan fingerprint density at radius 2 is 0.918 bits per heavy atom. The highest BCUT2D eigenvalue weighted by molar-refractivity contribution is 7.99. The van der Waals surface area contributed by atoms with Crippen LogP contribution in [0.2, 0.25) is 0 Å². The second-order valence-corrected chi connectivity index (χ2v) is 21.4. The number of aryl methyl sites for hydroxylation is 3. The minimum absolute atomic E-state index is 0.853. The second kappa shape index (κ2) is 26.0. The second-order valence-electron chi connectivity index (χ2n) is 20.3. The number of anilines is 2. The lowest BCUT2D eigenvalue weighted by Crippen LogP contribution is -2.21. The van der Waals surface area contributed by atoms with Crippen LogP contribution in [0, 0.1) is 30.6 Å². The topological polar surface area (TPSA) is 60.6 Å². The maximum Gasteiger partial charge on any atom is 0.0816 e. The Balaban J connectivity index is 1.18. The number of unbranched alkanes of at least 4 members (excludes halogenated alkanes) is 15. The summed E-state index contributed by atoms with van der Waals surface area (Å²) in [6, 6.07) is 33.0. The number of H-pyrrole nitrogens is 2. The van der Waals surface area contributed by atoms with Crippen LogP contribution in [0.5, 0.6) is 0 Å². The van der Waals surface area contributed by atoms with Crippen LogP contribution >= 0.6 is 11.8 Å². The molecular formula is C67H75N5S. The average molecular weight is 982 g/mol. The molecule has 0 amide bonds. The Kier molecular flexibility index (Phi) is 18.3. The van der Waals surface area contributed by atoms with E-state index in [1.54, 1.807) is 0 Å². The molecule has 0 aliphatic carbocycles. The molecule has 6 heterocycles. The van der Waals surface area contributed by atoms with Gasteiger partial charge in [0, 0.05) is 49.6 Å². The van der Waals surface area contributed by atoms with Crippen LogP contribution in [-0.4, -0.2) is 26.5 Å². The van der Waals surface area contributed by atoms with E-state index in [0.29, 0.717) is 0 Å². The van der Waals surface area contributed by atoms with Gasteiger partial charge in [0.15, 0.2) is 0 Å². The molecule has 6 aromatic rings. The van der Waals surface area contributed by atoms with Gasteiger partial charge in [-0.25, -0.2) is 9.97 Å². The van der Waals surface area contributed by atoms with Gasteiger partial charge in [-0.05, 0) is 130 Å². The van der Waals surface area contributed by atoms with E-state index in [1.165, 1.54) is 128 Å². The fraction of sp³-hybridized carbons (Fsp3) is 0.373. The fourth-order valence-electron chi connectivity index (χ4n) is 10.4. The zero-order valence-electron chi connectivity index (χ0n) is 44.1. The molecule has 3 aromatic carbocycles. The van der Waals surface area contributed by atoms with Gasteiger partial charge in [0.1, 0.15) is 0 Å². The van der Waals surface area contributed by atoms with E-state index in [1.807, 2.05) is 11.8 Å². The van der Waals surface area contributed by atoms with Crippen molar-refractivity contribution in [2.45, 2.75) is 166 Å². The van der Waals surface area contributed by atoms with Crippen molar-refractivity contribution < 1.29 is 0 Å². The van der Waals surface area contributed by atoms with Crippen LogP contribution in [0.3, 0.4) is 0 Å². The summed E-state index contributed by atoms with van der Waals surface area (Å²) >= 11 is 1.85. The number of hydrogen-bond acceptors (Lipinski definition) is 4. The Bertz CT molecular complexity index is 3090. The van der Waals surface area contributed by atoms with Gasteiger partial charge in [-0.2, -0.15) is 0 Å². The third-order valence-corrected chi connectivity index (χ3v) is 15.7. The Hall–Kier alpha value is -6.47. The van der Waals surface area contributed by atoms with Crippen molar-refractivity contribution in [1.29, 1.82) is 0 Å². The zero-order chi connectivity index (χ0) is 50.2. The Morgan fingerprint density at radius 3 is 1.51 bits per heavy atom. The van der Waals surface area contributed by atoms with Crippen LogP contribution in [0.4, 0.5) is 11.4 Å². The van der Waals surface area contributed by atoms with E-state index in [9.17, 15) is 0 Å². The van der Waals surface area contributed by atoms with Crippen molar-refractivity contribution in [1.82, 2.24) is 19.9 Å². The summed E-state index contributed by atoms with van der Waals surface area (Å²) in [5.41, 5.74) is 17.8. The van der Waals surface area contributed by atoms with Crippen LogP contribution in [0.15, 0.2) is 101 Å². The number of aromatic amines is 2. The maximum atomic E-state index is 5.45. The van der Waals surface area contributed by atoms with E-state index < -0.39 is 0 Å². The van der Waals surface area contributed by atoms with Crippen LogP contribution < -0.4 is 4.90 Å². The van der Waals surface area contributed by atoms with Crippen LogP contribution in [0.25, 0.3) is 46.4 Å². The number of hydrogen-bond donors (Lipinski definition) is 2.